The van der Waals surface area contributed by atoms with E-state index in [1.807, 2.05) is 18.2 Å². The standard InChI is InChI=1S/C24H24Cl2N2/c25-21-11-12-22(23(26)17-21)24(28-15-4-13-27-14-16-28)20-9-7-19(8-10-20)18-5-2-1-3-6-18/h1-3,5-12,17,24,27H,4,13-16H2. The zero-order chi connectivity index (χ0) is 19.3. The summed E-state index contributed by atoms with van der Waals surface area (Å²) in [5, 5.41) is 4.89. The lowest BCUT2D eigenvalue weighted by Crippen LogP contribution is -2.33. The van der Waals surface area contributed by atoms with Gasteiger partial charge < -0.3 is 5.32 Å². The van der Waals surface area contributed by atoms with Crippen molar-refractivity contribution in [2.45, 2.75) is 12.5 Å². The van der Waals surface area contributed by atoms with E-state index in [4.69, 9.17) is 23.2 Å². The van der Waals surface area contributed by atoms with Gasteiger partial charge in [-0.3, -0.25) is 4.90 Å². The molecule has 144 valence electrons. The first-order chi connectivity index (χ1) is 13.7. The molecular formula is C24H24Cl2N2. The number of hydrogen-bond acceptors (Lipinski definition) is 2. The summed E-state index contributed by atoms with van der Waals surface area (Å²) >= 11 is 12.8. The normalized spacial score (nSPS) is 16.5. The Balaban J connectivity index is 1.72. The first-order valence-corrected chi connectivity index (χ1v) is 10.5. The molecule has 1 unspecified atom stereocenters. The number of halogens is 2. The van der Waals surface area contributed by atoms with Crippen LogP contribution in [0, 0.1) is 0 Å². The van der Waals surface area contributed by atoms with Crippen LogP contribution in [-0.2, 0) is 0 Å². The van der Waals surface area contributed by atoms with Gasteiger partial charge in [0.2, 0.25) is 0 Å². The third-order valence-corrected chi connectivity index (χ3v) is 5.89. The van der Waals surface area contributed by atoms with Crippen LogP contribution >= 0.6 is 23.2 Å². The molecule has 4 heteroatoms. The van der Waals surface area contributed by atoms with Crippen molar-refractivity contribution in [2.24, 2.45) is 0 Å². The first-order valence-electron chi connectivity index (χ1n) is 9.77. The van der Waals surface area contributed by atoms with Gasteiger partial charge in [0.1, 0.15) is 0 Å². The van der Waals surface area contributed by atoms with Gasteiger partial charge in [-0.05, 0) is 47.4 Å². The van der Waals surface area contributed by atoms with Crippen molar-refractivity contribution in [2.75, 3.05) is 26.2 Å². The van der Waals surface area contributed by atoms with E-state index in [-0.39, 0.29) is 6.04 Å². The molecule has 1 fully saturated rings. The maximum atomic E-state index is 6.63. The highest BCUT2D eigenvalue weighted by atomic mass is 35.5. The van der Waals surface area contributed by atoms with Gasteiger partial charge in [0.15, 0.2) is 0 Å². The Bertz CT molecular complexity index is 902. The molecule has 1 aliphatic heterocycles. The maximum Gasteiger partial charge on any atom is 0.0616 e. The molecule has 1 heterocycles. The molecule has 0 spiro atoms. The van der Waals surface area contributed by atoms with Gasteiger partial charge in [0.05, 0.1) is 6.04 Å². The summed E-state index contributed by atoms with van der Waals surface area (Å²) in [7, 11) is 0. The van der Waals surface area contributed by atoms with Crippen LogP contribution in [-0.4, -0.2) is 31.1 Å². The van der Waals surface area contributed by atoms with Crippen LogP contribution in [0.25, 0.3) is 11.1 Å². The van der Waals surface area contributed by atoms with Gasteiger partial charge >= 0.3 is 0 Å². The minimum absolute atomic E-state index is 0.120. The third-order valence-electron chi connectivity index (χ3n) is 5.33. The highest BCUT2D eigenvalue weighted by molar-refractivity contribution is 6.35. The number of nitrogens with zero attached hydrogens (tertiary/aromatic N) is 1. The Morgan fingerprint density at radius 3 is 2.29 bits per heavy atom. The van der Waals surface area contributed by atoms with Crippen LogP contribution in [0.5, 0.6) is 0 Å². The SMILES string of the molecule is Clc1ccc(C(c2ccc(-c3ccccc3)cc2)N2CCCNCC2)c(Cl)c1. The van der Waals surface area contributed by atoms with E-state index in [0.717, 1.165) is 43.2 Å². The molecule has 1 N–H and O–H groups in total. The predicted molar refractivity (Wildman–Crippen MR) is 119 cm³/mol. The molecule has 3 aromatic rings. The van der Waals surface area contributed by atoms with E-state index in [0.29, 0.717) is 5.02 Å². The topological polar surface area (TPSA) is 15.3 Å². The van der Waals surface area contributed by atoms with Crippen molar-refractivity contribution in [1.82, 2.24) is 10.2 Å². The maximum absolute atomic E-state index is 6.63. The molecule has 0 amide bonds. The van der Waals surface area contributed by atoms with Crippen LogP contribution in [0.1, 0.15) is 23.6 Å². The van der Waals surface area contributed by atoms with Gasteiger partial charge in [-0.2, -0.15) is 0 Å². The Morgan fingerprint density at radius 1 is 0.786 bits per heavy atom. The van der Waals surface area contributed by atoms with Gasteiger partial charge in [0.25, 0.3) is 0 Å². The number of hydrogen-bond donors (Lipinski definition) is 1. The highest BCUT2D eigenvalue weighted by Crippen LogP contribution is 2.36. The molecule has 0 aliphatic carbocycles. The van der Waals surface area contributed by atoms with E-state index in [1.54, 1.807) is 0 Å². The van der Waals surface area contributed by atoms with Crippen molar-refractivity contribution in [3.8, 4) is 11.1 Å². The van der Waals surface area contributed by atoms with Gasteiger partial charge in [-0.25, -0.2) is 0 Å². The Labute approximate surface area is 177 Å². The average molecular weight is 411 g/mol. The lowest BCUT2D eigenvalue weighted by Gasteiger charge is -2.32. The molecule has 2 nitrogen and oxygen atoms in total. The molecule has 0 aromatic heterocycles. The van der Waals surface area contributed by atoms with Crippen molar-refractivity contribution < 1.29 is 0 Å². The van der Waals surface area contributed by atoms with Crippen LogP contribution < -0.4 is 5.32 Å². The molecule has 1 aliphatic rings. The fraction of sp³-hybridized carbons (Fsp3) is 0.250. The van der Waals surface area contributed by atoms with E-state index in [2.05, 4.69) is 64.8 Å². The van der Waals surface area contributed by atoms with E-state index in [9.17, 15) is 0 Å². The summed E-state index contributed by atoms with van der Waals surface area (Å²) in [6.07, 6.45) is 1.13. The molecule has 0 saturated carbocycles. The Hall–Kier alpha value is -1.84. The van der Waals surface area contributed by atoms with Crippen molar-refractivity contribution >= 4 is 23.2 Å². The molecule has 1 atom stereocenters. The molecular weight excluding hydrogens is 387 g/mol. The zero-order valence-electron chi connectivity index (χ0n) is 15.7. The molecule has 1 saturated heterocycles. The van der Waals surface area contributed by atoms with Crippen LogP contribution in [0.3, 0.4) is 0 Å². The summed E-state index contributed by atoms with van der Waals surface area (Å²) in [6.45, 7) is 4.08. The summed E-state index contributed by atoms with van der Waals surface area (Å²) in [5.41, 5.74) is 4.82. The summed E-state index contributed by atoms with van der Waals surface area (Å²) in [6, 6.07) is 25.3. The second-order valence-corrected chi connectivity index (χ2v) is 8.04. The second-order valence-electron chi connectivity index (χ2n) is 7.20. The number of rotatable bonds is 4. The first kappa shape index (κ1) is 19.5. The van der Waals surface area contributed by atoms with E-state index >= 15 is 0 Å². The Kier molecular flexibility index (Phi) is 6.33. The minimum atomic E-state index is 0.120. The van der Waals surface area contributed by atoms with Gasteiger partial charge in [-0.1, -0.05) is 83.9 Å². The van der Waals surface area contributed by atoms with Crippen molar-refractivity contribution in [3.63, 3.8) is 0 Å². The van der Waals surface area contributed by atoms with E-state index in [1.165, 1.54) is 16.7 Å². The third kappa shape index (κ3) is 4.42. The van der Waals surface area contributed by atoms with E-state index < -0.39 is 0 Å². The lowest BCUT2D eigenvalue weighted by atomic mass is 9.94. The lowest BCUT2D eigenvalue weighted by molar-refractivity contribution is 0.241. The largest absolute Gasteiger partial charge is 0.315 e. The summed E-state index contributed by atoms with van der Waals surface area (Å²) in [5.74, 6) is 0. The monoisotopic (exact) mass is 410 g/mol. The smallest absolute Gasteiger partial charge is 0.0616 e. The summed E-state index contributed by atoms with van der Waals surface area (Å²) < 4.78 is 0. The zero-order valence-corrected chi connectivity index (χ0v) is 17.3. The van der Waals surface area contributed by atoms with Crippen LogP contribution in [0.15, 0.2) is 72.8 Å². The predicted octanol–water partition coefficient (Wildman–Crippen LogP) is 6.05. The number of nitrogens with one attached hydrogen (secondary N) is 1. The van der Waals surface area contributed by atoms with Gasteiger partial charge in [0, 0.05) is 29.7 Å². The molecule has 3 aromatic carbocycles. The molecule has 0 radical (unpaired) electrons. The van der Waals surface area contributed by atoms with Crippen LogP contribution in [0.4, 0.5) is 0 Å². The molecule has 4 rings (SSSR count). The van der Waals surface area contributed by atoms with Crippen molar-refractivity contribution in [1.29, 1.82) is 0 Å². The second kappa shape index (κ2) is 9.11. The van der Waals surface area contributed by atoms with Gasteiger partial charge in [-0.15, -0.1) is 0 Å². The molecule has 0 bridgehead atoms. The highest BCUT2D eigenvalue weighted by Gasteiger charge is 2.25. The molecule has 28 heavy (non-hydrogen) atoms. The Morgan fingerprint density at radius 2 is 1.54 bits per heavy atom. The minimum Gasteiger partial charge on any atom is -0.315 e. The average Bonchev–Trinajstić information content (AvgIpc) is 3.00. The number of benzene rings is 3. The quantitative estimate of drug-likeness (QED) is 0.563. The fourth-order valence-electron chi connectivity index (χ4n) is 3.92. The fourth-order valence-corrected chi connectivity index (χ4v) is 4.44. The van der Waals surface area contributed by atoms with Crippen molar-refractivity contribution in [3.05, 3.63) is 94.0 Å². The van der Waals surface area contributed by atoms with Crippen LogP contribution in [0.2, 0.25) is 10.0 Å². The summed E-state index contributed by atoms with van der Waals surface area (Å²) in [4.78, 5) is 2.52.